The van der Waals surface area contributed by atoms with E-state index in [1.807, 2.05) is 37.4 Å². The molecule has 0 saturated carbocycles. The van der Waals surface area contributed by atoms with Gasteiger partial charge in [0.25, 0.3) is 0 Å². The molecule has 0 radical (unpaired) electrons. The Labute approximate surface area is 140 Å². The Hall–Kier alpha value is -0.420. The molecule has 0 spiro atoms. The average molecular weight is 331 g/mol. The van der Waals surface area contributed by atoms with Crippen molar-refractivity contribution in [2.75, 3.05) is 18.6 Å². The summed E-state index contributed by atoms with van der Waals surface area (Å²) in [6.07, 6.45) is 6.35. The molecule has 4 nitrogen and oxygen atoms in total. The topological polar surface area (TPSA) is 41.6 Å². The fourth-order valence-corrected chi connectivity index (χ4v) is 3.57. The summed E-state index contributed by atoms with van der Waals surface area (Å²) in [6.45, 7) is 11.1. The molecule has 0 aromatic carbocycles. The van der Waals surface area contributed by atoms with E-state index in [9.17, 15) is 4.79 Å². The van der Waals surface area contributed by atoms with Crippen LogP contribution < -0.4 is 5.32 Å². The van der Waals surface area contributed by atoms with Crippen molar-refractivity contribution in [1.82, 2.24) is 10.2 Å². The molecule has 0 aromatic heterocycles. The maximum atomic E-state index is 12.3. The van der Waals surface area contributed by atoms with Crippen LogP contribution in [0.1, 0.15) is 60.3 Å². The SMILES string of the molecule is CSCCC(C)NC(C)CC1CCCN1C(=O)OC(C)(C)C. The lowest BCUT2D eigenvalue weighted by Gasteiger charge is -2.30. The standard InChI is InChI=1S/C17H34N2O2S/c1-13(9-11-22-6)18-14(2)12-15-8-7-10-19(15)16(20)21-17(3,4)5/h13-15,18H,7-12H2,1-6H3. The Morgan fingerprint density at radius 3 is 2.64 bits per heavy atom. The third kappa shape index (κ3) is 7.23. The van der Waals surface area contributed by atoms with E-state index in [1.165, 1.54) is 12.2 Å². The number of carbonyl (C=O) groups is 1. The first-order valence-electron chi connectivity index (χ1n) is 8.47. The van der Waals surface area contributed by atoms with E-state index in [-0.39, 0.29) is 6.09 Å². The van der Waals surface area contributed by atoms with E-state index < -0.39 is 5.60 Å². The molecule has 0 bridgehead atoms. The average Bonchev–Trinajstić information content (AvgIpc) is 2.82. The number of nitrogens with one attached hydrogen (secondary N) is 1. The summed E-state index contributed by atoms with van der Waals surface area (Å²) in [5.74, 6) is 1.19. The molecule has 1 fully saturated rings. The lowest BCUT2D eigenvalue weighted by Crippen LogP contribution is -2.44. The Kier molecular flexibility index (Phi) is 8.04. The van der Waals surface area contributed by atoms with Gasteiger partial charge in [0.15, 0.2) is 0 Å². The molecule has 5 heteroatoms. The third-order valence-corrected chi connectivity index (χ3v) is 4.60. The number of likely N-dealkylation sites (tertiary alicyclic amines) is 1. The first kappa shape index (κ1) is 19.6. The van der Waals surface area contributed by atoms with Crippen LogP contribution in [0, 0.1) is 0 Å². The second kappa shape index (κ2) is 9.02. The van der Waals surface area contributed by atoms with Crippen LogP contribution in [0.15, 0.2) is 0 Å². The van der Waals surface area contributed by atoms with Gasteiger partial charge in [-0.1, -0.05) is 0 Å². The summed E-state index contributed by atoms with van der Waals surface area (Å²) in [6, 6.07) is 1.26. The lowest BCUT2D eigenvalue weighted by molar-refractivity contribution is 0.0214. The van der Waals surface area contributed by atoms with Gasteiger partial charge in [0.05, 0.1) is 0 Å². The van der Waals surface area contributed by atoms with E-state index in [0.717, 1.165) is 25.8 Å². The van der Waals surface area contributed by atoms with Crippen LogP contribution in [0.4, 0.5) is 4.79 Å². The Bertz CT molecular complexity index is 344. The number of amides is 1. The van der Waals surface area contributed by atoms with Gasteiger partial charge in [-0.3, -0.25) is 0 Å². The number of hydrogen-bond donors (Lipinski definition) is 1. The second-order valence-electron chi connectivity index (χ2n) is 7.46. The van der Waals surface area contributed by atoms with E-state index in [2.05, 4.69) is 25.4 Å². The van der Waals surface area contributed by atoms with Crippen LogP contribution in [0.2, 0.25) is 0 Å². The fraction of sp³-hybridized carbons (Fsp3) is 0.941. The molecular weight excluding hydrogens is 296 g/mol. The van der Waals surface area contributed by atoms with Crippen molar-refractivity contribution in [3.8, 4) is 0 Å². The third-order valence-electron chi connectivity index (χ3n) is 3.95. The Morgan fingerprint density at radius 1 is 1.36 bits per heavy atom. The number of hydrogen-bond acceptors (Lipinski definition) is 4. The molecule has 1 aliphatic rings. The monoisotopic (exact) mass is 330 g/mol. The first-order chi connectivity index (χ1) is 10.2. The lowest BCUT2D eigenvalue weighted by atomic mass is 10.1. The van der Waals surface area contributed by atoms with Gasteiger partial charge in [0, 0.05) is 24.7 Å². The van der Waals surface area contributed by atoms with Crippen LogP contribution in [-0.2, 0) is 4.74 Å². The highest BCUT2D eigenvalue weighted by Gasteiger charge is 2.32. The summed E-state index contributed by atoms with van der Waals surface area (Å²) in [4.78, 5) is 14.2. The van der Waals surface area contributed by atoms with Crippen molar-refractivity contribution in [2.45, 2.75) is 84.0 Å². The summed E-state index contributed by atoms with van der Waals surface area (Å²) < 4.78 is 5.53. The van der Waals surface area contributed by atoms with E-state index in [4.69, 9.17) is 4.74 Å². The summed E-state index contributed by atoms with van der Waals surface area (Å²) >= 11 is 1.89. The zero-order chi connectivity index (χ0) is 16.8. The second-order valence-corrected chi connectivity index (χ2v) is 8.44. The van der Waals surface area contributed by atoms with Crippen molar-refractivity contribution in [1.29, 1.82) is 0 Å². The van der Waals surface area contributed by atoms with Crippen LogP contribution in [0.25, 0.3) is 0 Å². The molecule has 0 aliphatic carbocycles. The number of thioether (sulfide) groups is 1. The van der Waals surface area contributed by atoms with Crippen molar-refractivity contribution < 1.29 is 9.53 Å². The number of ether oxygens (including phenoxy) is 1. The molecule has 1 aliphatic heterocycles. The summed E-state index contributed by atoms with van der Waals surface area (Å²) in [5.41, 5.74) is -0.416. The zero-order valence-electron chi connectivity index (χ0n) is 15.1. The van der Waals surface area contributed by atoms with Gasteiger partial charge in [-0.05, 0) is 72.3 Å². The predicted octanol–water partition coefficient (Wildman–Crippen LogP) is 3.90. The molecule has 1 amide bonds. The molecule has 0 aromatic rings. The molecule has 1 N–H and O–H groups in total. The van der Waals surface area contributed by atoms with E-state index >= 15 is 0 Å². The zero-order valence-corrected chi connectivity index (χ0v) is 16.0. The number of rotatable bonds is 7. The molecule has 3 atom stereocenters. The highest BCUT2D eigenvalue weighted by molar-refractivity contribution is 7.98. The van der Waals surface area contributed by atoms with Gasteiger partial charge < -0.3 is 15.0 Å². The van der Waals surface area contributed by atoms with Gasteiger partial charge in [0.2, 0.25) is 0 Å². The minimum absolute atomic E-state index is 0.155. The normalized spacial score (nSPS) is 21.7. The molecular formula is C17H34N2O2S. The quantitative estimate of drug-likeness (QED) is 0.769. The van der Waals surface area contributed by atoms with Gasteiger partial charge >= 0.3 is 6.09 Å². The van der Waals surface area contributed by atoms with Crippen molar-refractivity contribution >= 4 is 17.9 Å². The number of nitrogens with zero attached hydrogens (tertiary/aromatic N) is 1. The Morgan fingerprint density at radius 2 is 2.05 bits per heavy atom. The van der Waals surface area contributed by atoms with E-state index in [0.29, 0.717) is 18.1 Å². The van der Waals surface area contributed by atoms with Gasteiger partial charge in [-0.15, -0.1) is 0 Å². The van der Waals surface area contributed by atoms with Gasteiger partial charge in [-0.25, -0.2) is 4.79 Å². The maximum absolute atomic E-state index is 12.3. The first-order valence-corrected chi connectivity index (χ1v) is 9.87. The van der Waals surface area contributed by atoms with Crippen LogP contribution in [-0.4, -0.2) is 53.3 Å². The highest BCUT2D eigenvalue weighted by Crippen LogP contribution is 2.24. The maximum Gasteiger partial charge on any atom is 0.410 e. The molecule has 22 heavy (non-hydrogen) atoms. The molecule has 1 saturated heterocycles. The summed E-state index contributed by atoms with van der Waals surface area (Å²) in [5, 5.41) is 3.66. The van der Waals surface area contributed by atoms with Crippen LogP contribution >= 0.6 is 11.8 Å². The minimum atomic E-state index is -0.416. The summed E-state index contributed by atoms with van der Waals surface area (Å²) in [7, 11) is 0. The molecule has 1 rings (SSSR count). The molecule has 3 unspecified atom stereocenters. The highest BCUT2D eigenvalue weighted by atomic mass is 32.2. The minimum Gasteiger partial charge on any atom is -0.444 e. The largest absolute Gasteiger partial charge is 0.444 e. The smallest absolute Gasteiger partial charge is 0.410 e. The van der Waals surface area contributed by atoms with Gasteiger partial charge in [-0.2, -0.15) is 11.8 Å². The molecule has 1 heterocycles. The van der Waals surface area contributed by atoms with Crippen LogP contribution in [0.3, 0.4) is 0 Å². The fourth-order valence-electron chi connectivity index (χ4n) is 2.98. The van der Waals surface area contributed by atoms with Crippen LogP contribution in [0.5, 0.6) is 0 Å². The van der Waals surface area contributed by atoms with Gasteiger partial charge in [0.1, 0.15) is 5.60 Å². The van der Waals surface area contributed by atoms with E-state index in [1.54, 1.807) is 0 Å². The number of carbonyl (C=O) groups excluding carboxylic acids is 1. The van der Waals surface area contributed by atoms with Crippen molar-refractivity contribution in [3.63, 3.8) is 0 Å². The predicted molar refractivity (Wildman–Crippen MR) is 95.6 cm³/mol. The Balaban J connectivity index is 2.44. The van der Waals surface area contributed by atoms with Crippen molar-refractivity contribution in [2.24, 2.45) is 0 Å². The molecule has 130 valence electrons. The van der Waals surface area contributed by atoms with Crippen molar-refractivity contribution in [3.05, 3.63) is 0 Å².